The van der Waals surface area contributed by atoms with E-state index in [0.717, 1.165) is 34.7 Å². The summed E-state index contributed by atoms with van der Waals surface area (Å²) in [6.45, 7) is 2.29. The van der Waals surface area contributed by atoms with Crippen LogP contribution in [0.1, 0.15) is 18.9 Å². The Labute approximate surface area is 112 Å². The Bertz CT molecular complexity index is 568. The van der Waals surface area contributed by atoms with Gasteiger partial charge in [-0.25, -0.2) is 0 Å². The highest BCUT2D eigenvalue weighted by Gasteiger charge is 2.20. The third-order valence-electron chi connectivity index (χ3n) is 3.89. The van der Waals surface area contributed by atoms with Gasteiger partial charge in [0.15, 0.2) is 0 Å². The number of piperidine rings is 1. The van der Waals surface area contributed by atoms with Gasteiger partial charge in [-0.15, -0.1) is 0 Å². The molecule has 4 heteroatoms. The molecule has 1 fully saturated rings. The third kappa shape index (κ3) is 1.98. The van der Waals surface area contributed by atoms with Crippen molar-refractivity contribution in [3.05, 3.63) is 29.4 Å². The predicted molar refractivity (Wildman–Crippen MR) is 77.1 cm³/mol. The van der Waals surface area contributed by atoms with Crippen LogP contribution in [-0.2, 0) is 0 Å². The van der Waals surface area contributed by atoms with Gasteiger partial charge in [-0.1, -0.05) is 11.6 Å². The Morgan fingerprint density at radius 3 is 2.72 bits per heavy atom. The number of nitrogens with zero attached hydrogens (tertiary/aromatic N) is 2. The first-order valence-electron chi connectivity index (χ1n) is 6.39. The van der Waals surface area contributed by atoms with Gasteiger partial charge in [0.05, 0.1) is 10.5 Å². The minimum atomic E-state index is 0.540. The fraction of sp³-hybridized carbons (Fsp3) is 0.429. The van der Waals surface area contributed by atoms with Crippen molar-refractivity contribution in [1.29, 1.82) is 0 Å². The van der Waals surface area contributed by atoms with Crippen LogP contribution in [0.2, 0.25) is 5.02 Å². The largest absolute Gasteiger partial charge is 0.399 e. The number of fused-ring (bicyclic) bond motifs is 1. The molecular formula is C14H18ClN3. The van der Waals surface area contributed by atoms with Crippen molar-refractivity contribution >= 4 is 28.2 Å². The second-order valence-corrected chi connectivity index (χ2v) is 5.60. The number of benzene rings is 1. The van der Waals surface area contributed by atoms with Crippen molar-refractivity contribution in [2.75, 3.05) is 25.9 Å². The maximum Gasteiger partial charge on any atom is 0.0661 e. The molecule has 0 radical (unpaired) electrons. The summed E-state index contributed by atoms with van der Waals surface area (Å²) in [5, 5.41) is 1.92. The molecule has 1 saturated heterocycles. The molecule has 2 aromatic rings. The van der Waals surface area contributed by atoms with Crippen molar-refractivity contribution < 1.29 is 0 Å². The Morgan fingerprint density at radius 2 is 2.00 bits per heavy atom. The molecule has 1 aromatic carbocycles. The highest BCUT2D eigenvalue weighted by Crippen LogP contribution is 2.33. The van der Waals surface area contributed by atoms with Crippen LogP contribution in [0.15, 0.2) is 24.4 Å². The average molecular weight is 264 g/mol. The lowest BCUT2D eigenvalue weighted by molar-refractivity contribution is 0.224. The molecular weight excluding hydrogens is 246 g/mol. The third-order valence-corrected chi connectivity index (χ3v) is 4.19. The molecule has 2 heterocycles. The summed E-state index contributed by atoms with van der Waals surface area (Å²) in [6, 6.07) is 6.49. The van der Waals surface area contributed by atoms with E-state index >= 15 is 0 Å². The minimum Gasteiger partial charge on any atom is -0.399 e. The van der Waals surface area contributed by atoms with Gasteiger partial charge in [-0.3, -0.25) is 0 Å². The van der Waals surface area contributed by atoms with Crippen molar-refractivity contribution in [2.45, 2.75) is 18.9 Å². The van der Waals surface area contributed by atoms with Crippen LogP contribution in [-0.4, -0.2) is 29.6 Å². The summed E-state index contributed by atoms with van der Waals surface area (Å²) in [5.41, 5.74) is 7.85. The van der Waals surface area contributed by atoms with Crippen LogP contribution >= 0.6 is 11.6 Å². The van der Waals surface area contributed by atoms with E-state index in [2.05, 4.69) is 22.7 Å². The van der Waals surface area contributed by atoms with Gasteiger partial charge in [0.2, 0.25) is 0 Å². The first kappa shape index (κ1) is 11.9. The quantitative estimate of drug-likeness (QED) is 0.802. The SMILES string of the molecule is CN1CCC(n2cc(Cl)c3ccc(N)cc32)CC1. The van der Waals surface area contributed by atoms with E-state index in [9.17, 15) is 0 Å². The zero-order valence-electron chi connectivity index (χ0n) is 10.6. The first-order valence-corrected chi connectivity index (χ1v) is 6.77. The Balaban J connectivity index is 2.03. The molecule has 2 N–H and O–H groups in total. The number of hydrogen-bond acceptors (Lipinski definition) is 2. The van der Waals surface area contributed by atoms with Crippen LogP contribution in [0.4, 0.5) is 5.69 Å². The lowest BCUT2D eigenvalue weighted by Gasteiger charge is -2.30. The summed E-state index contributed by atoms with van der Waals surface area (Å²) in [6.07, 6.45) is 4.40. The number of nitrogens with two attached hydrogens (primary N) is 1. The smallest absolute Gasteiger partial charge is 0.0661 e. The number of likely N-dealkylation sites (tertiary alicyclic amines) is 1. The number of nitrogen functional groups attached to an aromatic ring is 1. The van der Waals surface area contributed by atoms with E-state index in [0.29, 0.717) is 6.04 Å². The summed E-state index contributed by atoms with van der Waals surface area (Å²) in [4.78, 5) is 2.37. The van der Waals surface area contributed by atoms with Crippen LogP contribution in [0.3, 0.4) is 0 Å². The second kappa shape index (κ2) is 4.48. The lowest BCUT2D eigenvalue weighted by Crippen LogP contribution is -2.31. The van der Waals surface area contributed by atoms with Gasteiger partial charge in [0.1, 0.15) is 0 Å². The monoisotopic (exact) mass is 263 g/mol. The number of hydrogen-bond donors (Lipinski definition) is 1. The standard InChI is InChI=1S/C14H18ClN3/c1-17-6-4-11(5-7-17)18-9-13(15)12-3-2-10(16)8-14(12)18/h2-3,8-9,11H,4-7,16H2,1H3. The molecule has 1 aliphatic rings. The fourth-order valence-corrected chi connectivity index (χ4v) is 3.07. The molecule has 0 amide bonds. The van der Waals surface area contributed by atoms with Crippen molar-refractivity contribution in [2.24, 2.45) is 0 Å². The summed E-state index contributed by atoms with van der Waals surface area (Å²) in [5.74, 6) is 0. The van der Waals surface area contributed by atoms with E-state index in [4.69, 9.17) is 17.3 Å². The molecule has 0 saturated carbocycles. The molecule has 0 bridgehead atoms. The van der Waals surface area contributed by atoms with E-state index in [1.807, 2.05) is 18.2 Å². The Hall–Kier alpha value is -1.19. The highest BCUT2D eigenvalue weighted by atomic mass is 35.5. The predicted octanol–water partition coefficient (Wildman–Crippen LogP) is 3.14. The molecule has 0 aliphatic carbocycles. The van der Waals surface area contributed by atoms with Crippen LogP contribution in [0.5, 0.6) is 0 Å². The number of anilines is 1. The van der Waals surface area contributed by atoms with E-state index in [-0.39, 0.29) is 0 Å². The lowest BCUT2D eigenvalue weighted by atomic mass is 10.1. The molecule has 1 aliphatic heterocycles. The minimum absolute atomic E-state index is 0.540. The summed E-state index contributed by atoms with van der Waals surface area (Å²) in [7, 11) is 2.18. The summed E-state index contributed by atoms with van der Waals surface area (Å²) >= 11 is 6.31. The average Bonchev–Trinajstić information content (AvgIpc) is 2.67. The maximum atomic E-state index is 6.31. The maximum absolute atomic E-state index is 6.31. The second-order valence-electron chi connectivity index (χ2n) is 5.20. The normalized spacial score (nSPS) is 18.6. The van der Waals surface area contributed by atoms with Crippen LogP contribution in [0.25, 0.3) is 10.9 Å². The van der Waals surface area contributed by atoms with E-state index in [1.54, 1.807) is 0 Å². The van der Waals surface area contributed by atoms with Crippen LogP contribution < -0.4 is 5.73 Å². The van der Waals surface area contributed by atoms with Crippen molar-refractivity contribution in [1.82, 2.24) is 9.47 Å². The van der Waals surface area contributed by atoms with E-state index < -0.39 is 0 Å². The summed E-state index contributed by atoms with van der Waals surface area (Å²) < 4.78 is 2.31. The number of rotatable bonds is 1. The molecule has 0 unspecified atom stereocenters. The van der Waals surface area contributed by atoms with Gasteiger partial charge in [-0.2, -0.15) is 0 Å². The molecule has 0 atom stereocenters. The van der Waals surface area contributed by atoms with Gasteiger partial charge >= 0.3 is 0 Å². The number of aromatic nitrogens is 1. The zero-order chi connectivity index (χ0) is 12.7. The van der Waals surface area contributed by atoms with Gasteiger partial charge in [0.25, 0.3) is 0 Å². The Kier molecular flexibility index (Phi) is 2.96. The molecule has 1 aromatic heterocycles. The molecule has 3 nitrogen and oxygen atoms in total. The molecule has 18 heavy (non-hydrogen) atoms. The van der Waals surface area contributed by atoms with E-state index in [1.165, 1.54) is 12.8 Å². The molecule has 96 valence electrons. The highest BCUT2D eigenvalue weighted by molar-refractivity contribution is 6.35. The topological polar surface area (TPSA) is 34.2 Å². The van der Waals surface area contributed by atoms with Gasteiger partial charge < -0.3 is 15.2 Å². The molecule has 0 spiro atoms. The molecule has 3 rings (SSSR count). The number of halogens is 1. The van der Waals surface area contributed by atoms with Crippen LogP contribution in [0, 0.1) is 0 Å². The first-order chi connectivity index (χ1) is 8.65. The Morgan fingerprint density at radius 1 is 1.28 bits per heavy atom. The van der Waals surface area contributed by atoms with Crippen molar-refractivity contribution in [3.8, 4) is 0 Å². The van der Waals surface area contributed by atoms with Crippen molar-refractivity contribution in [3.63, 3.8) is 0 Å². The zero-order valence-corrected chi connectivity index (χ0v) is 11.3. The van der Waals surface area contributed by atoms with Gasteiger partial charge in [0, 0.05) is 23.3 Å². The van der Waals surface area contributed by atoms with Gasteiger partial charge in [-0.05, 0) is 51.2 Å². The fourth-order valence-electron chi connectivity index (χ4n) is 2.80.